The normalized spacial score (nSPS) is 12.6. The van der Waals surface area contributed by atoms with E-state index in [2.05, 4.69) is 34.9 Å². The van der Waals surface area contributed by atoms with E-state index in [1.165, 1.54) is 22.6 Å². The molecule has 0 unspecified atom stereocenters. The zero-order valence-corrected chi connectivity index (χ0v) is 14.2. The summed E-state index contributed by atoms with van der Waals surface area (Å²) in [6.45, 7) is 0. The Kier molecular flexibility index (Phi) is 4.07. The van der Waals surface area contributed by atoms with E-state index < -0.39 is 0 Å². The Hall–Kier alpha value is -2.92. The van der Waals surface area contributed by atoms with E-state index in [0.29, 0.717) is 5.76 Å². The number of carbonyl (C=O) groups is 1. The summed E-state index contributed by atoms with van der Waals surface area (Å²) in [5, 5.41) is 8.50. The first-order valence-corrected chi connectivity index (χ1v) is 8.48. The number of carbonyl (C=O) groups excluding carboxylic acids is 1. The van der Waals surface area contributed by atoms with Gasteiger partial charge >= 0.3 is 0 Å². The number of hydrogen-bond acceptors (Lipinski definition) is 3. The average molecular weight is 348 g/mol. The largest absolute Gasteiger partial charge is 0.465 e. The number of hydrogen-bond donors (Lipinski definition) is 2. The molecule has 4 nitrogen and oxygen atoms in total. The standard InChI is InChI=1S/C20H16N2O2S/c23-18(11-9-15-4-2-12-24-15)22-20(25)21-17-10-8-14-7-6-13-3-1-5-16(17)19(13)14/h1-5,8-12H,6-7H2,(H2,21,22,23,25). The quantitative estimate of drug-likeness (QED) is 0.554. The SMILES string of the molecule is O=C(C=Cc1ccco1)NC(=S)Nc1ccc2c3c(cccc13)CC2. The van der Waals surface area contributed by atoms with Crippen LogP contribution in [0.4, 0.5) is 5.69 Å². The van der Waals surface area contributed by atoms with Crippen molar-refractivity contribution in [2.75, 3.05) is 5.32 Å². The molecule has 0 atom stereocenters. The smallest absolute Gasteiger partial charge is 0.250 e. The summed E-state index contributed by atoms with van der Waals surface area (Å²) >= 11 is 5.27. The van der Waals surface area contributed by atoms with Gasteiger partial charge in [0, 0.05) is 17.1 Å². The van der Waals surface area contributed by atoms with E-state index in [9.17, 15) is 4.79 Å². The van der Waals surface area contributed by atoms with E-state index >= 15 is 0 Å². The van der Waals surface area contributed by atoms with E-state index in [1.807, 2.05) is 6.07 Å². The van der Waals surface area contributed by atoms with E-state index in [4.69, 9.17) is 16.6 Å². The lowest BCUT2D eigenvalue weighted by atomic mass is 10.0. The monoisotopic (exact) mass is 348 g/mol. The summed E-state index contributed by atoms with van der Waals surface area (Å²) in [5.41, 5.74) is 3.64. The first-order chi connectivity index (χ1) is 12.2. The lowest BCUT2D eigenvalue weighted by molar-refractivity contribution is -0.115. The highest BCUT2D eigenvalue weighted by Gasteiger charge is 2.16. The third kappa shape index (κ3) is 3.19. The molecular formula is C20H16N2O2S. The summed E-state index contributed by atoms with van der Waals surface area (Å²) in [7, 11) is 0. The molecule has 5 heteroatoms. The van der Waals surface area contributed by atoms with Crippen LogP contribution < -0.4 is 10.6 Å². The lowest BCUT2D eigenvalue weighted by Gasteiger charge is -2.12. The highest BCUT2D eigenvalue weighted by molar-refractivity contribution is 7.80. The Morgan fingerprint density at radius 3 is 2.72 bits per heavy atom. The zero-order valence-electron chi connectivity index (χ0n) is 13.4. The van der Waals surface area contributed by atoms with Crippen molar-refractivity contribution in [3.8, 4) is 0 Å². The first-order valence-electron chi connectivity index (χ1n) is 8.08. The third-order valence-electron chi connectivity index (χ3n) is 4.30. The number of benzene rings is 2. The number of amides is 1. The van der Waals surface area contributed by atoms with Crippen molar-refractivity contribution < 1.29 is 9.21 Å². The van der Waals surface area contributed by atoms with Crippen molar-refractivity contribution in [3.63, 3.8) is 0 Å². The summed E-state index contributed by atoms with van der Waals surface area (Å²) in [6.07, 6.45) is 6.69. The molecule has 1 aromatic heterocycles. The minimum Gasteiger partial charge on any atom is -0.465 e. The molecular weight excluding hydrogens is 332 g/mol. The van der Waals surface area contributed by atoms with Gasteiger partial charge in [-0.05, 0) is 65.8 Å². The average Bonchev–Trinajstić information content (AvgIpc) is 3.26. The van der Waals surface area contributed by atoms with Crippen molar-refractivity contribution in [2.45, 2.75) is 12.8 Å². The molecule has 0 spiro atoms. The molecule has 1 aliphatic carbocycles. The molecule has 1 amide bonds. The fraction of sp³-hybridized carbons (Fsp3) is 0.100. The van der Waals surface area contributed by atoms with Crippen LogP contribution in [0.2, 0.25) is 0 Å². The molecule has 4 rings (SSSR count). The highest BCUT2D eigenvalue weighted by Crippen LogP contribution is 2.34. The second kappa shape index (κ2) is 6.53. The molecule has 0 bridgehead atoms. The Bertz CT molecular complexity index is 980. The van der Waals surface area contributed by atoms with Crippen LogP contribution >= 0.6 is 12.2 Å². The third-order valence-corrected chi connectivity index (χ3v) is 4.51. The van der Waals surface area contributed by atoms with Gasteiger partial charge in [0.15, 0.2) is 5.11 Å². The van der Waals surface area contributed by atoms with E-state index in [-0.39, 0.29) is 11.0 Å². The van der Waals surface area contributed by atoms with E-state index in [0.717, 1.165) is 23.9 Å². The molecule has 1 heterocycles. The van der Waals surface area contributed by atoms with Crippen LogP contribution in [0.1, 0.15) is 16.9 Å². The molecule has 0 saturated carbocycles. The van der Waals surface area contributed by atoms with Gasteiger partial charge in [-0.15, -0.1) is 0 Å². The van der Waals surface area contributed by atoms with Gasteiger partial charge in [-0.25, -0.2) is 0 Å². The van der Waals surface area contributed by atoms with Gasteiger partial charge in [0.1, 0.15) is 5.76 Å². The van der Waals surface area contributed by atoms with Crippen molar-refractivity contribution in [3.05, 3.63) is 71.7 Å². The van der Waals surface area contributed by atoms with Crippen molar-refractivity contribution in [1.29, 1.82) is 0 Å². The molecule has 0 aliphatic heterocycles. The minimum absolute atomic E-state index is 0.271. The Morgan fingerprint density at radius 1 is 1.08 bits per heavy atom. The second-order valence-corrected chi connectivity index (χ2v) is 6.31. The summed E-state index contributed by atoms with van der Waals surface area (Å²) in [5.74, 6) is 0.307. The maximum absolute atomic E-state index is 12.0. The number of aryl methyl sites for hydroxylation is 2. The number of thiocarbonyl (C=S) groups is 1. The molecule has 25 heavy (non-hydrogen) atoms. The predicted molar refractivity (Wildman–Crippen MR) is 103 cm³/mol. The van der Waals surface area contributed by atoms with Crippen LogP contribution in [0.15, 0.2) is 59.2 Å². The summed E-state index contributed by atoms with van der Waals surface area (Å²) in [6, 6.07) is 14.0. The van der Waals surface area contributed by atoms with Gasteiger partial charge in [-0.3, -0.25) is 10.1 Å². The molecule has 0 saturated heterocycles. The summed E-state index contributed by atoms with van der Waals surface area (Å²) < 4.78 is 5.15. The fourth-order valence-corrected chi connectivity index (χ4v) is 3.42. The maximum atomic E-state index is 12.0. The fourth-order valence-electron chi connectivity index (χ4n) is 3.21. The molecule has 124 valence electrons. The van der Waals surface area contributed by atoms with Crippen LogP contribution in [0.25, 0.3) is 16.8 Å². The molecule has 0 fully saturated rings. The molecule has 3 aromatic rings. The van der Waals surface area contributed by atoms with Gasteiger partial charge in [-0.2, -0.15) is 0 Å². The predicted octanol–water partition coefficient (Wildman–Crippen LogP) is 4.06. The van der Waals surface area contributed by atoms with Crippen molar-refractivity contribution in [2.24, 2.45) is 0 Å². The maximum Gasteiger partial charge on any atom is 0.250 e. The Labute approximate surface area is 150 Å². The van der Waals surface area contributed by atoms with Crippen LogP contribution in [0, 0.1) is 0 Å². The second-order valence-electron chi connectivity index (χ2n) is 5.90. The first kappa shape index (κ1) is 15.6. The van der Waals surface area contributed by atoms with Crippen LogP contribution in [-0.4, -0.2) is 11.0 Å². The Balaban J connectivity index is 1.48. The molecule has 1 aliphatic rings. The van der Waals surface area contributed by atoms with Crippen molar-refractivity contribution in [1.82, 2.24) is 5.32 Å². The topological polar surface area (TPSA) is 54.3 Å². The number of nitrogens with one attached hydrogen (secondary N) is 2. The number of rotatable bonds is 3. The molecule has 2 N–H and O–H groups in total. The zero-order chi connectivity index (χ0) is 17.2. The number of anilines is 1. The van der Waals surface area contributed by atoms with Gasteiger partial charge in [-0.1, -0.05) is 24.3 Å². The van der Waals surface area contributed by atoms with Gasteiger partial charge in [0.05, 0.1) is 6.26 Å². The van der Waals surface area contributed by atoms with Gasteiger partial charge < -0.3 is 9.73 Å². The number of furan rings is 1. The van der Waals surface area contributed by atoms with Crippen LogP contribution in [0.5, 0.6) is 0 Å². The van der Waals surface area contributed by atoms with E-state index in [1.54, 1.807) is 24.5 Å². The Morgan fingerprint density at radius 2 is 1.92 bits per heavy atom. The van der Waals surface area contributed by atoms with Gasteiger partial charge in [0.25, 0.3) is 0 Å². The highest BCUT2D eigenvalue weighted by atomic mass is 32.1. The molecule has 2 aromatic carbocycles. The minimum atomic E-state index is -0.306. The van der Waals surface area contributed by atoms with Gasteiger partial charge in [0.2, 0.25) is 5.91 Å². The lowest BCUT2D eigenvalue weighted by Crippen LogP contribution is -2.32. The molecule has 0 radical (unpaired) electrons. The van der Waals surface area contributed by atoms with Crippen molar-refractivity contribution >= 4 is 45.8 Å². The van der Waals surface area contributed by atoms with Crippen LogP contribution in [0.3, 0.4) is 0 Å². The van der Waals surface area contributed by atoms with Crippen LogP contribution in [-0.2, 0) is 17.6 Å². The summed E-state index contributed by atoms with van der Waals surface area (Å²) in [4.78, 5) is 12.0.